The first-order valence-electron chi connectivity index (χ1n) is 7.96. The van der Waals surface area contributed by atoms with Gasteiger partial charge in [0.2, 0.25) is 5.91 Å². The number of hydrogen-bond donors (Lipinski definition) is 0. The number of methoxy groups -OCH3 is 2. The predicted molar refractivity (Wildman–Crippen MR) is 101 cm³/mol. The third-order valence-electron chi connectivity index (χ3n) is 4.02. The zero-order valence-corrected chi connectivity index (χ0v) is 15.9. The number of likely N-dealkylation sites (N-methyl/N-ethyl adjacent to an activating group) is 1. The second kappa shape index (κ2) is 8.72. The first-order chi connectivity index (χ1) is 12.4. The van der Waals surface area contributed by atoms with Crippen molar-refractivity contribution in [1.82, 2.24) is 4.90 Å². The fourth-order valence-corrected chi connectivity index (χ4v) is 2.70. The van der Waals surface area contributed by atoms with Crippen LogP contribution in [0.1, 0.15) is 16.7 Å². The Balaban J connectivity index is 2.16. The maximum Gasteiger partial charge on any atom is 0.246 e. The third kappa shape index (κ3) is 4.55. The molecular formula is C20H21ClFNO3. The van der Waals surface area contributed by atoms with Gasteiger partial charge in [-0.25, -0.2) is 4.39 Å². The average molecular weight is 378 g/mol. The van der Waals surface area contributed by atoms with E-state index in [0.29, 0.717) is 18.0 Å². The zero-order valence-electron chi connectivity index (χ0n) is 15.2. The minimum atomic E-state index is -0.472. The van der Waals surface area contributed by atoms with E-state index in [2.05, 4.69) is 0 Å². The molecule has 0 aliphatic heterocycles. The molecule has 2 aromatic carbocycles. The van der Waals surface area contributed by atoms with Gasteiger partial charge in [0.25, 0.3) is 0 Å². The molecule has 2 aromatic rings. The van der Waals surface area contributed by atoms with Crippen LogP contribution in [0.25, 0.3) is 6.08 Å². The van der Waals surface area contributed by atoms with Crippen molar-refractivity contribution in [2.75, 3.05) is 21.3 Å². The molecule has 0 unspecified atom stereocenters. The largest absolute Gasteiger partial charge is 0.493 e. The standard InChI is InChI=1S/C20H21ClFNO3/c1-13-10-18(25-3)19(26-4)11-14(13)12-23(2)20(24)9-8-15-16(21)6-5-7-17(15)22/h5-11H,12H2,1-4H3/b9-8+. The molecule has 0 atom stereocenters. The van der Waals surface area contributed by atoms with E-state index in [1.54, 1.807) is 27.3 Å². The van der Waals surface area contributed by atoms with Crippen molar-refractivity contribution in [3.05, 3.63) is 63.9 Å². The number of carbonyl (C=O) groups excluding carboxylic acids is 1. The smallest absolute Gasteiger partial charge is 0.246 e. The van der Waals surface area contributed by atoms with E-state index in [4.69, 9.17) is 21.1 Å². The summed E-state index contributed by atoms with van der Waals surface area (Å²) in [7, 11) is 4.81. The summed E-state index contributed by atoms with van der Waals surface area (Å²) in [5.74, 6) is 0.498. The summed E-state index contributed by atoms with van der Waals surface area (Å²) in [6, 6.07) is 8.10. The summed E-state index contributed by atoms with van der Waals surface area (Å²) < 4.78 is 24.3. The van der Waals surface area contributed by atoms with Crippen LogP contribution in [0.2, 0.25) is 5.02 Å². The Labute approximate surface area is 157 Å². The number of halogens is 2. The maximum absolute atomic E-state index is 13.8. The Morgan fingerprint density at radius 1 is 1.23 bits per heavy atom. The van der Waals surface area contributed by atoms with Gasteiger partial charge in [0.05, 0.1) is 19.2 Å². The Hall–Kier alpha value is -2.53. The van der Waals surface area contributed by atoms with Gasteiger partial charge in [-0.2, -0.15) is 0 Å². The molecule has 0 radical (unpaired) electrons. The molecule has 0 saturated carbocycles. The molecule has 138 valence electrons. The zero-order chi connectivity index (χ0) is 19.3. The molecule has 0 heterocycles. The van der Waals surface area contributed by atoms with E-state index in [-0.39, 0.29) is 16.5 Å². The van der Waals surface area contributed by atoms with Crippen molar-refractivity contribution in [1.29, 1.82) is 0 Å². The molecule has 0 aliphatic rings. The van der Waals surface area contributed by atoms with Crippen LogP contribution in [0, 0.1) is 12.7 Å². The first kappa shape index (κ1) is 19.8. The number of hydrogen-bond acceptors (Lipinski definition) is 3. The van der Waals surface area contributed by atoms with Gasteiger partial charge in [0, 0.05) is 25.2 Å². The van der Waals surface area contributed by atoms with Crippen LogP contribution >= 0.6 is 11.6 Å². The molecule has 0 saturated heterocycles. The molecule has 26 heavy (non-hydrogen) atoms. The predicted octanol–water partition coefficient (Wildman–Crippen LogP) is 4.48. The number of carbonyl (C=O) groups is 1. The fourth-order valence-electron chi connectivity index (χ4n) is 2.48. The molecule has 0 aliphatic carbocycles. The van der Waals surface area contributed by atoms with Crippen molar-refractivity contribution < 1.29 is 18.7 Å². The Bertz CT molecular complexity index is 816. The van der Waals surface area contributed by atoms with Crippen molar-refractivity contribution in [2.45, 2.75) is 13.5 Å². The SMILES string of the molecule is COc1cc(C)c(CN(C)C(=O)/C=C/c2c(F)cccc2Cl)cc1OC. The number of ether oxygens (including phenoxy) is 2. The van der Waals surface area contributed by atoms with Crippen LogP contribution in [-0.2, 0) is 11.3 Å². The highest BCUT2D eigenvalue weighted by atomic mass is 35.5. The molecule has 4 nitrogen and oxygen atoms in total. The summed E-state index contributed by atoms with van der Waals surface area (Å²) in [6.07, 6.45) is 2.69. The van der Waals surface area contributed by atoms with Crippen LogP contribution in [0.5, 0.6) is 11.5 Å². The summed E-state index contributed by atoms with van der Waals surface area (Å²) >= 11 is 5.96. The lowest BCUT2D eigenvalue weighted by Crippen LogP contribution is -2.24. The quantitative estimate of drug-likeness (QED) is 0.697. The van der Waals surface area contributed by atoms with E-state index >= 15 is 0 Å². The van der Waals surface area contributed by atoms with Crippen LogP contribution < -0.4 is 9.47 Å². The van der Waals surface area contributed by atoms with Crippen molar-refractivity contribution in [3.63, 3.8) is 0 Å². The first-order valence-corrected chi connectivity index (χ1v) is 8.33. The Morgan fingerprint density at radius 2 is 1.88 bits per heavy atom. The maximum atomic E-state index is 13.8. The lowest BCUT2D eigenvalue weighted by Gasteiger charge is -2.18. The second-order valence-corrected chi connectivity index (χ2v) is 6.20. The van der Waals surface area contributed by atoms with Crippen LogP contribution in [0.15, 0.2) is 36.4 Å². The molecule has 1 amide bonds. The van der Waals surface area contributed by atoms with Gasteiger partial charge < -0.3 is 14.4 Å². The fraction of sp³-hybridized carbons (Fsp3) is 0.250. The van der Waals surface area contributed by atoms with Gasteiger partial charge in [-0.05, 0) is 48.4 Å². The number of aryl methyl sites for hydroxylation is 1. The number of benzene rings is 2. The second-order valence-electron chi connectivity index (χ2n) is 5.80. The highest BCUT2D eigenvalue weighted by Gasteiger charge is 2.13. The van der Waals surface area contributed by atoms with E-state index < -0.39 is 5.82 Å². The molecule has 0 spiro atoms. The molecule has 0 bridgehead atoms. The summed E-state index contributed by atoms with van der Waals surface area (Å²) in [6.45, 7) is 2.31. The minimum absolute atomic E-state index is 0.193. The molecule has 0 fully saturated rings. The van der Waals surface area contributed by atoms with E-state index in [0.717, 1.165) is 11.1 Å². The van der Waals surface area contributed by atoms with Gasteiger partial charge in [0.1, 0.15) is 5.82 Å². The highest BCUT2D eigenvalue weighted by Crippen LogP contribution is 2.30. The van der Waals surface area contributed by atoms with Crippen molar-refractivity contribution in [3.8, 4) is 11.5 Å². The molecule has 6 heteroatoms. The van der Waals surface area contributed by atoms with E-state index in [1.165, 1.54) is 29.2 Å². The Morgan fingerprint density at radius 3 is 2.50 bits per heavy atom. The van der Waals surface area contributed by atoms with Gasteiger partial charge in [0.15, 0.2) is 11.5 Å². The minimum Gasteiger partial charge on any atom is -0.493 e. The summed E-state index contributed by atoms with van der Waals surface area (Å²) in [4.78, 5) is 13.9. The summed E-state index contributed by atoms with van der Waals surface area (Å²) in [5.41, 5.74) is 2.09. The molecule has 0 N–H and O–H groups in total. The van der Waals surface area contributed by atoms with Gasteiger partial charge >= 0.3 is 0 Å². The number of amides is 1. The third-order valence-corrected chi connectivity index (χ3v) is 4.35. The average Bonchev–Trinajstić information content (AvgIpc) is 2.62. The van der Waals surface area contributed by atoms with Crippen molar-refractivity contribution in [2.24, 2.45) is 0 Å². The van der Waals surface area contributed by atoms with Gasteiger partial charge in [-0.15, -0.1) is 0 Å². The summed E-state index contributed by atoms with van der Waals surface area (Å²) in [5, 5.41) is 0.257. The monoisotopic (exact) mass is 377 g/mol. The van der Waals surface area contributed by atoms with Crippen molar-refractivity contribution >= 4 is 23.6 Å². The lowest BCUT2D eigenvalue weighted by atomic mass is 10.1. The number of nitrogens with zero attached hydrogens (tertiary/aromatic N) is 1. The van der Waals surface area contributed by atoms with Crippen LogP contribution in [0.3, 0.4) is 0 Å². The molecular weight excluding hydrogens is 357 g/mol. The van der Waals surface area contributed by atoms with E-state index in [9.17, 15) is 9.18 Å². The van der Waals surface area contributed by atoms with Gasteiger partial charge in [-0.3, -0.25) is 4.79 Å². The Kier molecular flexibility index (Phi) is 6.64. The molecule has 0 aromatic heterocycles. The topological polar surface area (TPSA) is 38.8 Å². The van der Waals surface area contributed by atoms with Gasteiger partial charge in [-0.1, -0.05) is 17.7 Å². The van der Waals surface area contributed by atoms with E-state index in [1.807, 2.05) is 19.1 Å². The molecule has 2 rings (SSSR count). The van der Waals surface area contributed by atoms with Crippen LogP contribution in [0.4, 0.5) is 4.39 Å². The van der Waals surface area contributed by atoms with Crippen LogP contribution in [-0.4, -0.2) is 32.1 Å². The highest BCUT2D eigenvalue weighted by molar-refractivity contribution is 6.32. The number of rotatable bonds is 6. The lowest BCUT2D eigenvalue weighted by molar-refractivity contribution is -0.125. The normalized spacial score (nSPS) is 10.8.